The Morgan fingerprint density at radius 2 is 2.17 bits per heavy atom. The van der Waals surface area contributed by atoms with Crippen LogP contribution in [0.25, 0.3) is 0 Å². The highest BCUT2D eigenvalue weighted by atomic mass is 35.5. The van der Waals surface area contributed by atoms with Gasteiger partial charge in [-0.25, -0.2) is 0 Å². The van der Waals surface area contributed by atoms with Crippen LogP contribution in [-0.2, 0) is 0 Å². The van der Waals surface area contributed by atoms with Gasteiger partial charge in [0, 0.05) is 18.7 Å². The Hall–Kier alpha value is 0.200. The quantitative estimate of drug-likeness (QED) is 0.871. The highest BCUT2D eigenvalue weighted by Crippen LogP contribution is 2.36. The van der Waals surface area contributed by atoms with Gasteiger partial charge in [0.25, 0.3) is 0 Å². The molecule has 0 bridgehead atoms. The van der Waals surface area contributed by atoms with Crippen LogP contribution in [-0.4, -0.2) is 17.8 Å². The van der Waals surface area contributed by atoms with E-state index in [0.717, 1.165) is 27.1 Å². The van der Waals surface area contributed by atoms with Gasteiger partial charge in [0.05, 0.1) is 8.67 Å². The monoisotopic (exact) mass is 307 g/mol. The largest absolute Gasteiger partial charge is 0.396 e. The fourth-order valence-electron chi connectivity index (χ4n) is 2.70. The number of rotatable bonds is 4. The first-order valence-corrected chi connectivity index (χ1v) is 8.00. The smallest absolute Gasteiger partial charge is 0.0991 e. The zero-order valence-electron chi connectivity index (χ0n) is 10.5. The van der Waals surface area contributed by atoms with E-state index in [1.54, 1.807) is 0 Å². The molecule has 1 fully saturated rings. The second-order valence-electron chi connectivity index (χ2n) is 5.00. The van der Waals surface area contributed by atoms with Crippen molar-refractivity contribution < 1.29 is 5.11 Å². The van der Waals surface area contributed by atoms with Crippen molar-refractivity contribution in [3.63, 3.8) is 0 Å². The Balaban J connectivity index is 2.01. The fourth-order valence-corrected chi connectivity index (χ4v) is 4.35. The zero-order valence-corrected chi connectivity index (χ0v) is 12.8. The molecule has 2 nitrogen and oxygen atoms in total. The molecule has 0 aromatic carbocycles. The van der Waals surface area contributed by atoms with Crippen LogP contribution in [0.15, 0.2) is 6.07 Å². The van der Waals surface area contributed by atoms with E-state index in [1.807, 2.05) is 6.07 Å². The molecular weight excluding hydrogens is 289 g/mol. The summed E-state index contributed by atoms with van der Waals surface area (Å²) in [7, 11) is 0. The van der Waals surface area contributed by atoms with Gasteiger partial charge in [-0.3, -0.25) is 0 Å². The van der Waals surface area contributed by atoms with Crippen molar-refractivity contribution in [1.29, 1.82) is 0 Å². The summed E-state index contributed by atoms with van der Waals surface area (Å²) in [5.74, 6) is 0.370. The van der Waals surface area contributed by atoms with E-state index < -0.39 is 0 Å². The predicted molar refractivity (Wildman–Crippen MR) is 78.7 cm³/mol. The van der Waals surface area contributed by atoms with Crippen LogP contribution in [0.2, 0.25) is 8.67 Å². The normalized spacial score (nSPS) is 26.2. The van der Waals surface area contributed by atoms with E-state index in [4.69, 9.17) is 23.2 Å². The fraction of sp³-hybridized carbons (Fsp3) is 0.692. The number of hydrogen-bond acceptors (Lipinski definition) is 3. The molecule has 1 aliphatic rings. The summed E-state index contributed by atoms with van der Waals surface area (Å²) in [6.45, 7) is 2.37. The van der Waals surface area contributed by atoms with Crippen molar-refractivity contribution in [2.75, 3.05) is 6.61 Å². The maximum atomic E-state index is 9.42. The summed E-state index contributed by atoms with van der Waals surface area (Å²) in [5, 5.41) is 13.0. The molecule has 1 aromatic heterocycles. The molecule has 5 heteroatoms. The lowest BCUT2D eigenvalue weighted by Gasteiger charge is -2.33. The first-order chi connectivity index (χ1) is 8.61. The molecule has 1 heterocycles. The summed E-state index contributed by atoms with van der Waals surface area (Å²) in [5.41, 5.74) is 1.06. The maximum Gasteiger partial charge on any atom is 0.0991 e. The molecule has 3 atom stereocenters. The van der Waals surface area contributed by atoms with Crippen molar-refractivity contribution >= 4 is 34.5 Å². The molecule has 0 radical (unpaired) electrons. The summed E-state index contributed by atoms with van der Waals surface area (Å²) in [6.07, 6.45) is 4.70. The van der Waals surface area contributed by atoms with Gasteiger partial charge in [0.1, 0.15) is 0 Å². The Morgan fingerprint density at radius 3 is 2.78 bits per heavy atom. The van der Waals surface area contributed by atoms with Crippen LogP contribution in [0.1, 0.15) is 44.2 Å². The predicted octanol–water partition coefficient (Wildman–Crippen LogP) is 4.26. The molecule has 0 saturated heterocycles. The molecule has 3 unspecified atom stereocenters. The second-order valence-corrected chi connectivity index (χ2v) is 7.29. The first kappa shape index (κ1) is 14.6. The van der Waals surface area contributed by atoms with Crippen LogP contribution in [0.4, 0.5) is 0 Å². The lowest BCUT2D eigenvalue weighted by atomic mass is 9.84. The van der Waals surface area contributed by atoms with Crippen molar-refractivity contribution in [2.24, 2.45) is 5.92 Å². The third kappa shape index (κ3) is 3.40. The Kier molecular flexibility index (Phi) is 5.34. The van der Waals surface area contributed by atoms with Crippen molar-refractivity contribution in [3.8, 4) is 0 Å². The number of nitrogens with one attached hydrogen (secondary N) is 1. The Morgan fingerprint density at radius 1 is 1.44 bits per heavy atom. The lowest BCUT2D eigenvalue weighted by Crippen LogP contribution is -2.41. The Labute approximate surface area is 122 Å². The topological polar surface area (TPSA) is 32.3 Å². The van der Waals surface area contributed by atoms with Crippen LogP contribution in [0.5, 0.6) is 0 Å². The van der Waals surface area contributed by atoms with Crippen LogP contribution >= 0.6 is 34.5 Å². The third-order valence-corrected chi connectivity index (χ3v) is 5.28. The van der Waals surface area contributed by atoms with Gasteiger partial charge in [-0.05, 0) is 37.3 Å². The zero-order chi connectivity index (χ0) is 13.1. The van der Waals surface area contributed by atoms with Gasteiger partial charge < -0.3 is 10.4 Å². The summed E-state index contributed by atoms with van der Waals surface area (Å²) in [4.78, 5) is 0. The van der Waals surface area contributed by atoms with Crippen molar-refractivity contribution in [3.05, 3.63) is 20.3 Å². The van der Waals surface area contributed by atoms with E-state index in [9.17, 15) is 5.11 Å². The standard InChI is InChI=1S/C13H19Cl2NOS/c1-8(10-6-12(14)18-13(10)15)16-11-5-3-2-4-9(11)7-17/h6,8-9,11,16-17H,2-5,7H2,1H3. The molecular formula is C13H19Cl2NOS. The first-order valence-electron chi connectivity index (χ1n) is 6.43. The SMILES string of the molecule is CC(NC1CCCCC1CO)c1cc(Cl)sc1Cl. The number of hydrogen-bond donors (Lipinski definition) is 2. The molecule has 18 heavy (non-hydrogen) atoms. The van der Waals surface area contributed by atoms with Crippen LogP contribution in [0, 0.1) is 5.92 Å². The van der Waals surface area contributed by atoms with E-state index in [1.165, 1.54) is 24.2 Å². The van der Waals surface area contributed by atoms with E-state index in [0.29, 0.717) is 12.0 Å². The molecule has 0 spiro atoms. The van der Waals surface area contributed by atoms with E-state index >= 15 is 0 Å². The average molecular weight is 308 g/mol. The van der Waals surface area contributed by atoms with Gasteiger partial charge in [0.15, 0.2) is 0 Å². The van der Waals surface area contributed by atoms with Gasteiger partial charge in [-0.2, -0.15) is 0 Å². The van der Waals surface area contributed by atoms with Crippen molar-refractivity contribution in [1.82, 2.24) is 5.32 Å². The average Bonchev–Trinajstić information content (AvgIpc) is 2.69. The highest BCUT2D eigenvalue weighted by molar-refractivity contribution is 7.20. The Bertz CT molecular complexity index is 396. The second kappa shape index (κ2) is 6.58. The molecule has 102 valence electrons. The minimum absolute atomic E-state index is 0.179. The molecule has 1 saturated carbocycles. The lowest BCUT2D eigenvalue weighted by molar-refractivity contribution is 0.147. The third-order valence-electron chi connectivity index (χ3n) is 3.76. The van der Waals surface area contributed by atoms with Crippen LogP contribution in [0.3, 0.4) is 0 Å². The molecule has 1 aliphatic carbocycles. The molecule has 2 rings (SSSR count). The van der Waals surface area contributed by atoms with Gasteiger partial charge in [-0.15, -0.1) is 11.3 Å². The summed E-state index contributed by atoms with van der Waals surface area (Å²) < 4.78 is 1.49. The van der Waals surface area contributed by atoms with E-state index in [2.05, 4.69) is 12.2 Å². The van der Waals surface area contributed by atoms with Gasteiger partial charge >= 0.3 is 0 Å². The van der Waals surface area contributed by atoms with E-state index in [-0.39, 0.29) is 12.6 Å². The minimum Gasteiger partial charge on any atom is -0.396 e. The number of aliphatic hydroxyl groups is 1. The maximum absolute atomic E-state index is 9.42. The minimum atomic E-state index is 0.179. The molecule has 0 aliphatic heterocycles. The number of halogens is 2. The molecule has 2 N–H and O–H groups in total. The van der Waals surface area contributed by atoms with Gasteiger partial charge in [-0.1, -0.05) is 36.0 Å². The van der Waals surface area contributed by atoms with Crippen LogP contribution < -0.4 is 5.32 Å². The van der Waals surface area contributed by atoms with Crippen molar-refractivity contribution in [2.45, 2.75) is 44.7 Å². The summed E-state index contributed by atoms with van der Waals surface area (Å²) >= 11 is 13.6. The molecule has 0 amide bonds. The van der Waals surface area contributed by atoms with Gasteiger partial charge in [0.2, 0.25) is 0 Å². The number of aliphatic hydroxyl groups excluding tert-OH is 1. The number of thiophene rings is 1. The highest BCUT2D eigenvalue weighted by Gasteiger charge is 2.26. The molecule has 1 aromatic rings. The summed E-state index contributed by atoms with van der Waals surface area (Å²) in [6, 6.07) is 2.50.